The summed E-state index contributed by atoms with van der Waals surface area (Å²) in [5, 5.41) is 9.13. The molecule has 0 fully saturated rings. The van der Waals surface area contributed by atoms with E-state index in [1.807, 2.05) is 12.1 Å². The molecule has 2 amide bonds. The van der Waals surface area contributed by atoms with Crippen LogP contribution in [0.4, 0.5) is 5.69 Å². The summed E-state index contributed by atoms with van der Waals surface area (Å²) in [6, 6.07) is 7.29. The number of amides is 2. The normalized spacial score (nSPS) is 17.3. The van der Waals surface area contributed by atoms with Crippen LogP contribution in [0.1, 0.15) is 13.3 Å². The third kappa shape index (κ3) is 3.43. The molecule has 2 rings (SSSR count). The molecule has 1 heterocycles. The molecule has 0 radical (unpaired) electrons. The molecule has 112 valence electrons. The summed E-state index contributed by atoms with van der Waals surface area (Å²) >= 11 is 1.28. The fourth-order valence-electron chi connectivity index (χ4n) is 2.06. The van der Waals surface area contributed by atoms with Gasteiger partial charge in [0.1, 0.15) is 5.25 Å². The maximum atomic E-state index is 12.5. The average molecular weight is 308 g/mol. The number of hydroxylamine groups is 2. The van der Waals surface area contributed by atoms with E-state index in [0.717, 1.165) is 4.90 Å². The molecular formula is C14H16N2O4S. The van der Waals surface area contributed by atoms with Crippen LogP contribution in [0, 0.1) is 0 Å². The molecule has 1 aromatic carbocycles. The van der Waals surface area contributed by atoms with Crippen molar-refractivity contribution in [3.05, 3.63) is 24.3 Å². The standard InChI is InChI=1S/C14H16N2O4S/c1-2-10(18)7-16-11-5-3-4-6-12(11)21-13(14(16)19)8-15(20)9-17/h3-6,9,13,20H,2,7-8H2,1H3. The van der Waals surface area contributed by atoms with Gasteiger partial charge in [0.15, 0.2) is 5.78 Å². The topological polar surface area (TPSA) is 77.9 Å². The molecule has 0 saturated carbocycles. The lowest BCUT2D eigenvalue weighted by atomic mass is 10.2. The Hall–Kier alpha value is -1.86. The Kier molecular flexibility index (Phi) is 4.98. The van der Waals surface area contributed by atoms with Crippen LogP contribution in [0.15, 0.2) is 29.2 Å². The van der Waals surface area contributed by atoms with Crippen molar-refractivity contribution in [2.45, 2.75) is 23.5 Å². The van der Waals surface area contributed by atoms with Gasteiger partial charge in [-0.2, -0.15) is 0 Å². The number of carbonyl (C=O) groups is 3. The van der Waals surface area contributed by atoms with Crippen molar-refractivity contribution in [1.29, 1.82) is 0 Å². The van der Waals surface area contributed by atoms with Crippen LogP contribution >= 0.6 is 11.8 Å². The molecular weight excluding hydrogens is 292 g/mol. The lowest BCUT2D eigenvalue weighted by Gasteiger charge is -2.33. The van der Waals surface area contributed by atoms with Crippen molar-refractivity contribution in [2.75, 3.05) is 18.0 Å². The van der Waals surface area contributed by atoms with E-state index in [1.165, 1.54) is 16.7 Å². The number of rotatable bonds is 6. The van der Waals surface area contributed by atoms with Gasteiger partial charge in [-0.05, 0) is 12.1 Å². The van der Waals surface area contributed by atoms with Crippen molar-refractivity contribution < 1.29 is 19.6 Å². The van der Waals surface area contributed by atoms with E-state index < -0.39 is 5.25 Å². The number of nitrogens with zero attached hydrogens (tertiary/aromatic N) is 2. The van der Waals surface area contributed by atoms with E-state index in [1.54, 1.807) is 19.1 Å². The summed E-state index contributed by atoms with van der Waals surface area (Å²) in [5.41, 5.74) is 0.696. The van der Waals surface area contributed by atoms with E-state index in [0.29, 0.717) is 17.2 Å². The highest BCUT2D eigenvalue weighted by Crippen LogP contribution is 2.39. The fourth-order valence-corrected chi connectivity index (χ4v) is 3.27. The second-order valence-corrected chi connectivity index (χ2v) is 5.86. The smallest absolute Gasteiger partial charge is 0.242 e. The van der Waals surface area contributed by atoms with E-state index in [9.17, 15) is 19.6 Å². The fraction of sp³-hybridized carbons (Fsp3) is 0.357. The minimum atomic E-state index is -0.625. The predicted molar refractivity (Wildman–Crippen MR) is 78.3 cm³/mol. The van der Waals surface area contributed by atoms with E-state index >= 15 is 0 Å². The number of benzene rings is 1. The molecule has 1 aliphatic heterocycles. The monoisotopic (exact) mass is 308 g/mol. The van der Waals surface area contributed by atoms with Crippen LogP contribution in [0.25, 0.3) is 0 Å². The van der Waals surface area contributed by atoms with Gasteiger partial charge < -0.3 is 4.90 Å². The van der Waals surface area contributed by atoms with Gasteiger partial charge in [-0.25, -0.2) is 5.06 Å². The van der Waals surface area contributed by atoms with Crippen molar-refractivity contribution in [3.63, 3.8) is 0 Å². The zero-order valence-corrected chi connectivity index (χ0v) is 12.4. The Morgan fingerprint density at radius 3 is 2.86 bits per heavy atom. The lowest BCUT2D eigenvalue weighted by molar-refractivity contribution is -0.150. The molecule has 1 atom stereocenters. The number of ketones is 1. The number of anilines is 1. The molecule has 21 heavy (non-hydrogen) atoms. The third-order valence-electron chi connectivity index (χ3n) is 3.17. The van der Waals surface area contributed by atoms with Crippen molar-refractivity contribution in [3.8, 4) is 0 Å². The second-order valence-electron chi connectivity index (χ2n) is 4.62. The van der Waals surface area contributed by atoms with Gasteiger partial charge in [0.2, 0.25) is 12.3 Å². The Morgan fingerprint density at radius 2 is 2.19 bits per heavy atom. The highest BCUT2D eigenvalue weighted by Gasteiger charge is 2.35. The molecule has 0 bridgehead atoms. The average Bonchev–Trinajstić information content (AvgIpc) is 2.50. The number of fused-ring (bicyclic) bond motifs is 1. The van der Waals surface area contributed by atoms with Crippen molar-refractivity contribution in [2.24, 2.45) is 0 Å². The van der Waals surface area contributed by atoms with Crippen LogP contribution in [-0.2, 0) is 14.4 Å². The number of Topliss-reactive ketones (excluding diaryl/α,β-unsaturated/α-hetero) is 1. The maximum absolute atomic E-state index is 12.5. The van der Waals surface area contributed by atoms with Crippen LogP contribution < -0.4 is 4.90 Å². The first-order valence-corrected chi connectivity index (χ1v) is 7.44. The Labute approximate surface area is 126 Å². The summed E-state index contributed by atoms with van der Waals surface area (Å²) in [4.78, 5) is 37.0. The van der Waals surface area contributed by atoms with E-state index in [2.05, 4.69) is 0 Å². The van der Waals surface area contributed by atoms with Crippen LogP contribution in [-0.4, -0.2) is 46.7 Å². The lowest BCUT2D eigenvalue weighted by Crippen LogP contribution is -2.47. The first kappa shape index (κ1) is 15.5. The Balaban J connectivity index is 2.30. The minimum absolute atomic E-state index is 0.00985. The molecule has 1 aromatic rings. The number of thioether (sulfide) groups is 1. The number of hydrogen-bond acceptors (Lipinski definition) is 5. The van der Waals surface area contributed by atoms with Crippen LogP contribution in [0.2, 0.25) is 0 Å². The quantitative estimate of drug-likeness (QED) is 0.487. The highest BCUT2D eigenvalue weighted by atomic mass is 32.2. The molecule has 1 unspecified atom stereocenters. The SMILES string of the molecule is CCC(=O)CN1C(=O)C(CN(O)C=O)Sc2ccccc21. The van der Waals surface area contributed by atoms with Crippen molar-refractivity contribution in [1.82, 2.24) is 5.06 Å². The molecule has 1 aliphatic rings. The van der Waals surface area contributed by atoms with E-state index in [-0.39, 0.29) is 31.2 Å². The van der Waals surface area contributed by atoms with Gasteiger partial charge in [-0.1, -0.05) is 19.1 Å². The number of carbonyl (C=O) groups excluding carboxylic acids is 3. The van der Waals surface area contributed by atoms with Gasteiger partial charge in [0, 0.05) is 11.3 Å². The first-order chi connectivity index (χ1) is 10.1. The summed E-state index contributed by atoms with van der Waals surface area (Å²) in [7, 11) is 0. The van der Waals surface area contributed by atoms with Crippen LogP contribution in [0.5, 0.6) is 0 Å². The maximum Gasteiger partial charge on any atom is 0.242 e. The zero-order valence-electron chi connectivity index (χ0n) is 11.6. The molecule has 6 nitrogen and oxygen atoms in total. The van der Waals surface area contributed by atoms with Gasteiger partial charge in [-0.3, -0.25) is 19.6 Å². The minimum Gasteiger partial charge on any atom is -0.303 e. The predicted octanol–water partition coefficient (Wildman–Crippen LogP) is 1.32. The largest absolute Gasteiger partial charge is 0.303 e. The number of para-hydroxylation sites is 1. The van der Waals surface area contributed by atoms with Gasteiger partial charge in [0.25, 0.3) is 0 Å². The zero-order chi connectivity index (χ0) is 15.4. The summed E-state index contributed by atoms with van der Waals surface area (Å²) in [6.07, 6.45) is 0.611. The molecule has 0 aromatic heterocycles. The van der Waals surface area contributed by atoms with Crippen molar-refractivity contribution >= 4 is 35.5 Å². The molecule has 0 spiro atoms. The van der Waals surface area contributed by atoms with Gasteiger partial charge in [0.05, 0.1) is 18.8 Å². The van der Waals surface area contributed by atoms with Gasteiger partial charge >= 0.3 is 0 Å². The molecule has 0 saturated heterocycles. The summed E-state index contributed by atoms with van der Waals surface area (Å²) in [5.74, 6) is -0.318. The van der Waals surface area contributed by atoms with Crippen LogP contribution in [0.3, 0.4) is 0 Å². The summed E-state index contributed by atoms with van der Waals surface area (Å²) < 4.78 is 0. The van der Waals surface area contributed by atoms with E-state index in [4.69, 9.17) is 0 Å². The third-order valence-corrected chi connectivity index (χ3v) is 4.40. The Morgan fingerprint density at radius 1 is 1.48 bits per heavy atom. The Bertz CT molecular complexity index is 564. The molecule has 7 heteroatoms. The highest BCUT2D eigenvalue weighted by molar-refractivity contribution is 8.01. The second kappa shape index (κ2) is 6.73. The van der Waals surface area contributed by atoms with Gasteiger partial charge in [-0.15, -0.1) is 11.8 Å². The summed E-state index contributed by atoms with van der Waals surface area (Å²) in [6.45, 7) is 1.64. The number of hydrogen-bond donors (Lipinski definition) is 1. The molecule has 0 aliphatic carbocycles. The molecule has 1 N–H and O–H groups in total. The first-order valence-electron chi connectivity index (χ1n) is 6.56.